The third-order valence-corrected chi connectivity index (χ3v) is 2.91. The molecule has 82 valence electrons. The monoisotopic (exact) mass is 277 g/mol. The Bertz CT molecular complexity index is 494. The van der Waals surface area contributed by atoms with Crippen LogP contribution >= 0.6 is 15.9 Å². The number of hydrogen-bond acceptors (Lipinski definition) is 2. The van der Waals surface area contributed by atoms with Crippen LogP contribution < -0.4 is 10.5 Å². The maximum Gasteiger partial charge on any atom is 0.128 e. The summed E-state index contributed by atoms with van der Waals surface area (Å²) in [5.74, 6) is 0.794. The average molecular weight is 278 g/mol. The number of nitrogen functional groups attached to an aromatic ring is 1. The number of halogens is 1. The number of nitrogens with two attached hydrogens (primary N) is 1. The van der Waals surface area contributed by atoms with Crippen LogP contribution in [0.15, 0.2) is 46.9 Å². The molecule has 0 atom stereocenters. The minimum absolute atomic E-state index is 0.706. The Morgan fingerprint density at radius 2 is 1.75 bits per heavy atom. The van der Waals surface area contributed by atoms with Crippen molar-refractivity contribution in [2.45, 2.75) is 0 Å². The van der Waals surface area contributed by atoms with Crippen molar-refractivity contribution in [2.75, 3.05) is 12.8 Å². The fourth-order valence-electron chi connectivity index (χ4n) is 1.58. The molecule has 0 spiro atoms. The van der Waals surface area contributed by atoms with E-state index >= 15 is 0 Å². The molecular weight excluding hydrogens is 266 g/mol. The van der Waals surface area contributed by atoms with Crippen molar-refractivity contribution >= 4 is 21.6 Å². The molecular formula is C13H12BrNO. The zero-order chi connectivity index (χ0) is 11.5. The lowest BCUT2D eigenvalue weighted by atomic mass is 10.0. The highest BCUT2D eigenvalue weighted by atomic mass is 79.9. The lowest BCUT2D eigenvalue weighted by Gasteiger charge is -2.09. The Kier molecular flexibility index (Phi) is 3.15. The van der Waals surface area contributed by atoms with Crippen molar-refractivity contribution in [1.82, 2.24) is 0 Å². The molecule has 0 bridgehead atoms. The summed E-state index contributed by atoms with van der Waals surface area (Å²) < 4.78 is 6.38. The molecule has 0 aliphatic rings. The third-order valence-electron chi connectivity index (χ3n) is 2.38. The zero-order valence-corrected chi connectivity index (χ0v) is 10.5. The molecule has 2 nitrogen and oxygen atoms in total. The van der Waals surface area contributed by atoms with Crippen molar-refractivity contribution < 1.29 is 4.74 Å². The number of anilines is 1. The van der Waals surface area contributed by atoms with Gasteiger partial charge in [-0.25, -0.2) is 0 Å². The number of ether oxygens (including phenoxy) is 1. The third kappa shape index (κ3) is 2.19. The van der Waals surface area contributed by atoms with Gasteiger partial charge in [-0.3, -0.25) is 0 Å². The molecule has 0 heterocycles. The van der Waals surface area contributed by atoms with Crippen LogP contribution in [-0.2, 0) is 0 Å². The molecule has 2 aromatic rings. The highest BCUT2D eigenvalue weighted by Crippen LogP contribution is 2.32. The van der Waals surface area contributed by atoms with E-state index in [1.54, 1.807) is 7.11 Å². The summed E-state index contributed by atoms with van der Waals surface area (Å²) in [7, 11) is 1.65. The first-order chi connectivity index (χ1) is 7.70. The minimum atomic E-state index is 0.706. The van der Waals surface area contributed by atoms with Gasteiger partial charge in [0.15, 0.2) is 0 Å². The SMILES string of the molecule is COc1cc(N)ccc1-c1ccc(Br)cc1. The van der Waals surface area contributed by atoms with Crippen LogP contribution in [0.3, 0.4) is 0 Å². The van der Waals surface area contributed by atoms with Crippen LogP contribution in [0.5, 0.6) is 5.75 Å². The Morgan fingerprint density at radius 1 is 1.06 bits per heavy atom. The normalized spacial score (nSPS) is 10.1. The van der Waals surface area contributed by atoms with E-state index in [2.05, 4.69) is 15.9 Å². The van der Waals surface area contributed by atoms with Crippen LogP contribution in [0.4, 0.5) is 5.69 Å². The van der Waals surface area contributed by atoms with Crippen LogP contribution in [0.1, 0.15) is 0 Å². The first-order valence-corrected chi connectivity index (χ1v) is 5.69. The molecule has 2 N–H and O–H groups in total. The molecule has 0 aliphatic carbocycles. The predicted molar refractivity (Wildman–Crippen MR) is 70.5 cm³/mol. The van der Waals surface area contributed by atoms with Gasteiger partial charge in [-0.1, -0.05) is 28.1 Å². The highest BCUT2D eigenvalue weighted by Gasteiger charge is 2.05. The van der Waals surface area contributed by atoms with Gasteiger partial charge in [-0.05, 0) is 29.8 Å². The van der Waals surface area contributed by atoms with E-state index in [9.17, 15) is 0 Å². The largest absolute Gasteiger partial charge is 0.496 e. The quantitative estimate of drug-likeness (QED) is 0.850. The van der Waals surface area contributed by atoms with Gasteiger partial charge in [0, 0.05) is 21.8 Å². The summed E-state index contributed by atoms with van der Waals surface area (Å²) in [4.78, 5) is 0. The average Bonchev–Trinajstić information content (AvgIpc) is 2.30. The van der Waals surface area contributed by atoms with Gasteiger partial charge in [0.25, 0.3) is 0 Å². The van der Waals surface area contributed by atoms with E-state index in [-0.39, 0.29) is 0 Å². The van der Waals surface area contributed by atoms with Crippen LogP contribution in [0.25, 0.3) is 11.1 Å². The number of rotatable bonds is 2. The molecule has 0 radical (unpaired) electrons. The highest BCUT2D eigenvalue weighted by molar-refractivity contribution is 9.10. The Morgan fingerprint density at radius 3 is 2.38 bits per heavy atom. The van der Waals surface area contributed by atoms with Gasteiger partial charge < -0.3 is 10.5 Å². The second kappa shape index (κ2) is 4.58. The van der Waals surface area contributed by atoms with Gasteiger partial charge in [0.2, 0.25) is 0 Å². The lowest BCUT2D eigenvalue weighted by Crippen LogP contribution is -1.91. The molecule has 0 unspecified atom stereocenters. The molecule has 2 aromatic carbocycles. The van der Waals surface area contributed by atoms with Crippen LogP contribution in [-0.4, -0.2) is 7.11 Å². The summed E-state index contributed by atoms with van der Waals surface area (Å²) >= 11 is 3.41. The smallest absolute Gasteiger partial charge is 0.128 e. The van der Waals surface area contributed by atoms with E-state index in [0.29, 0.717) is 5.69 Å². The summed E-state index contributed by atoms with van der Waals surface area (Å²) in [5.41, 5.74) is 8.58. The van der Waals surface area contributed by atoms with Crippen LogP contribution in [0, 0.1) is 0 Å². The molecule has 0 saturated heterocycles. The van der Waals surface area contributed by atoms with Crippen molar-refractivity contribution in [3.63, 3.8) is 0 Å². The van der Waals surface area contributed by atoms with E-state index in [0.717, 1.165) is 21.3 Å². The first-order valence-electron chi connectivity index (χ1n) is 4.90. The Hall–Kier alpha value is -1.48. The van der Waals surface area contributed by atoms with Crippen molar-refractivity contribution in [3.8, 4) is 16.9 Å². The molecule has 0 fully saturated rings. The second-order valence-electron chi connectivity index (χ2n) is 3.47. The molecule has 0 aromatic heterocycles. The van der Waals surface area contributed by atoms with Gasteiger partial charge >= 0.3 is 0 Å². The van der Waals surface area contributed by atoms with Crippen LogP contribution in [0.2, 0.25) is 0 Å². The maximum absolute atomic E-state index is 5.72. The Balaban J connectivity index is 2.51. The standard InChI is InChI=1S/C13H12BrNO/c1-16-13-8-11(15)6-7-12(13)9-2-4-10(14)5-3-9/h2-8H,15H2,1H3. The summed E-state index contributed by atoms with van der Waals surface area (Å²) in [6.45, 7) is 0. The number of benzene rings is 2. The van der Waals surface area contributed by atoms with Crippen molar-refractivity contribution in [2.24, 2.45) is 0 Å². The van der Waals surface area contributed by atoms with E-state index < -0.39 is 0 Å². The molecule has 16 heavy (non-hydrogen) atoms. The van der Waals surface area contributed by atoms with Crippen molar-refractivity contribution in [1.29, 1.82) is 0 Å². The van der Waals surface area contributed by atoms with Gasteiger partial charge in [-0.2, -0.15) is 0 Å². The van der Waals surface area contributed by atoms with E-state index in [1.807, 2.05) is 42.5 Å². The Labute approximate surface area is 103 Å². The zero-order valence-electron chi connectivity index (χ0n) is 8.91. The summed E-state index contributed by atoms with van der Waals surface area (Å²) in [5, 5.41) is 0. The number of hydrogen-bond donors (Lipinski definition) is 1. The van der Waals surface area contributed by atoms with Gasteiger partial charge in [0.1, 0.15) is 5.75 Å². The van der Waals surface area contributed by atoms with Gasteiger partial charge in [0.05, 0.1) is 7.11 Å². The summed E-state index contributed by atoms with van der Waals surface area (Å²) in [6, 6.07) is 13.8. The summed E-state index contributed by atoms with van der Waals surface area (Å²) in [6.07, 6.45) is 0. The molecule has 3 heteroatoms. The predicted octanol–water partition coefficient (Wildman–Crippen LogP) is 3.71. The van der Waals surface area contributed by atoms with E-state index in [4.69, 9.17) is 10.5 Å². The number of methoxy groups -OCH3 is 1. The topological polar surface area (TPSA) is 35.2 Å². The van der Waals surface area contributed by atoms with Crippen molar-refractivity contribution in [3.05, 3.63) is 46.9 Å². The first kappa shape index (κ1) is 11.0. The minimum Gasteiger partial charge on any atom is -0.496 e. The van der Waals surface area contributed by atoms with E-state index in [1.165, 1.54) is 0 Å². The van der Waals surface area contributed by atoms with Gasteiger partial charge in [-0.15, -0.1) is 0 Å². The molecule has 0 amide bonds. The maximum atomic E-state index is 5.72. The fraction of sp³-hybridized carbons (Fsp3) is 0.0769. The lowest BCUT2D eigenvalue weighted by molar-refractivity contribution is 0.416. The second-order valence-corrected chi connectivity index (χ2v) is 4.38. The fourth-order valence-corrected chi connectivity index (χ4v) is 1.84. The molecule has 0 saturated carbocycles. The molecule has 2 rings (SSSR count). The molecule has 0 aliphatic heterocycles.